The summed E-state index contributed by atoms with van der Waals surface area (Å²) < 4.78 is 20.0. The molecule has 7 nitrogen and oxygen atoms in total. The fourth-order valence-electron chi connectivity index (χ4n) is 2.89. The molecule has 2 heterocycles. The molecule has 2 aromatic carbocycles. The first-order chi connectivity index (χ1) is 14.0. The first-order valence-corrected chi connectivity index (χ1v) is 8.98. The Kier molecular flexibility index (Phi) is 4.90. The molecule has 146 valence electrons. The summed E-state index contributed by atoms with van der Waals surface area (Å²) in [6.07, 6.45) is 1.70. The number of benzene rings is 2. The molecule has 0 saturated heterocycles. The molecule has 0 bridgehead atoms. The SMILES string of the molecule is Cc1cccc(NC(=O)Cn2cc(-c3noc(-c4ccc(F)cc4)n3)nc2C)c1. The fraction of sp³-hybridized carbons (Fsp3) is 0.143. The minimum Gasteiger partial charge on any atom is -0.334 e. The average Bonchev–Trinajstić information content (AvgIpc) is 3.30. The minimum absolute atomic E-state index is 0.107. The number of nitrogens with zero attached hydrogens (tertiary/aromatic N) is 4. The second-order valence-corrected chi connectivity index (χ2v) is 6.65. The normalized spacial score (nSPS) is 10.9. The second kappa shape index (κ2) is 7.67. The van der Waals surface area contributed by atoms with Crippen LogP contribution in [0.4, 0.5) is 10.1 Å². The molecule has 0 spiro atoms. The van der Waals surface area contributed by atoms with Crippen molar-refractivity contribution in [3.63, 3.8) is 0 Å². The average molecular weight is 391 g/mol. The Morgan fingerprint density at radius 1 is 1.14 bits per heavy atom. The molecule has 1 amide bonds. The third-order valence-electron chi connectivity index (χ3n) is 4.34. The van der Waals surface area contributed by atoms with Gasteiger partial charge in [-0.05, 0) is 55.8 Å². The number of amides is 1. The van der Waals surface area contributed by atoms with Crippen LogP contribution in [0.2, 0.25) is 0 Å². The lowest BCUT2D eigenvalue weighted by Gasteiger charge is -2.07. The van der Waals surface area contributed by atoms with Crippen molar-refractivity contribution in [3.8, 4) is 23.0 Å². The third kappa shape index (κ3) is 4.21. The lowest BCUT2D eigenvalue weighted by atomic mass is 10.2. The Morgan fingerprint density at radius 3 is 2.69 bits per heavy atom. The number of carbonyl (C=O) groups excluding carboxylic acids is 1. The van der Waals surface area contributed by atoms with Crippen LogP contribution in [-0.4, -0.2) is 25.6 Å². The van der Waals surface area contributed by atoms with Crippen molar-refractivity contribution in [2.75, 3.05) is 5.32 Å². The number of carbonyl (C=O) groups is 1. The first kappa shape index (κ1) is 18.5. The van der Waals surface area contributed by atoms with Gasteiger partial charge < -0.3 is 14.4 Å². The van der Waals surface area contributed by atoms with E-state index in [1.165, 1.54) is 12.1 Å². The van der Waals surface area contributed by atoms with Gasteiger partial charge in [-0.2, -0.15) is 4.98 Å². The van der Waals surface area contributed by atoms with Gasteiger partial charge in [-0.3, -0.25) is 4.79 Å². The summed E-state index contributed by atoms with van der Waals surface area (Å²) in [5, 5.41) is 6.81. The van der Waals surface area contributed by atoms with Crippen LogP contribution in [-0.2, 0) is 11.3 Å². The van der Waals surface area contributed by atoms with E-state index in [4.69, 9.17) is 4.52 Å². The van der Waals surface area contributed by atoms with E-state index in [0.717, 1.165) is 11.3 Å². The van der Waals surface area contributed by atoms with E-state index in [0.29, 0.717) is 22.9 Å². The molecule has 4 aromatic rings. The largest absolute Gasteiger partial charge is 0.334 e. The van der Waals surface area contributed by atoms with Gasteiger partial charge in [0.2, 0.25) is 11.7 Å². The van der Waals surface area contributed by atoms with E-state index in [-0.39, 0.29) is 24.2 Å². The summed E-state index contributed by atoms with van der Waals surface area (Å²) in [7, 11) is 0. The highest BCUT2D eigenvalue weighted by Gasteiger charge is 2.16. The quantitative estimate of drug-likeness (QED) is 0.556. The maximum atomic E-state index is 13.1. The van der Waals surface area contributed by atoms with Crippen molar-refractivity contribution in [1.29, 1.82) is 0 Å². The molecule has 29 heavy (non-hydrogen) atoms. The smallest absolute Gasteiger partial charge is 0.258 e. The minimum atomic E-state index is -0.341. The van der Waals surface area contributed by atoms with E-state index in [1.54, 1.807) is 29.8 Å². The van der Waals surface area contributed by atoms with E-state index in [9.17, 15) is 9.18 Å². The Morgan fingerprint density at radius 2 is 1.93 bits per heavy atom. The Hall–Kier alpha value is -3.81. The van der Waals surface area contributed by atoms with Crippen molar-refractivity contribution >= 4 is 11.6 Å². The number of hydrogen-bond acceptors (Lipinski definition) is 5. The van der Waals surface area contributed by atoms with Crippen LogP contribution < -0.4 is 5.32 Å². The summed E-state index contributed by atoms with van der Waals surface area (Å²) in [6, 6.07) is 13.4. The summed E-state index contributed by atoms with van der Waals surface area (Å²) in [6.45, 7) is 3.87. The molecule has 0 unspecified atom stereocenters. The van der Waals surface area contributed by atoms with Crippen molar-refractivity contribution < 1.29 is 13.7 Å². The molecule has 4 rings (SSSR count). The zero-order chi connectivity index (χ0) is 20.4. The Bertz CT molecular complexity index is 1160. The van der Waals surface area contributed by atoms with Crippen LogP contribution in [0.25, 0.3) is 23.0 Å². The van der Waals surface area contributed by atoms with E-state index < -0.39 is 0 Å². The molecule has 0 aliphatic carbocycles. The first-order valence-electron chi connectivity index (χ1n) is 8.98. The van der Waals surface area contributed by atoms with Gasteiger partial charge in [0, 0.05) is 17.4 Å². The zero-order valence-corrected chi connectivity index (χ0v) is 15.9. The highest BCUT2D eigenvalue weighted by atomic mass is 19.1. The highest BCUT2D eigenvalue weighted by Crippen LogP contribution is 2.22. The standard InChI is InChI=1S/C21H18FN5O2/c1-13-4-3-5-17(10-13)24-19(28)12-27-11-18(23-14(27)2)20-25-21(29-26-20)15-6-8-16(22)9-7-15/h3-11H,12H2,1-2H3,(H,24,28). The highest BCUT2D eigenvalue weighted by molar-refractivity contribution is 5.90. The summed E-state index contributed by atoms with van der Waals surface area (Å²) in [4.78, 5) is 21.1. The molecule has 8 heteroatoms. The number of imidazole rings is 1. The second-order valence-electron chi connectivity index (χ2n) is 6.65. The van der Waals surface area contributed by atoms with Crippen molar-refractivity contribution in [2.45, 2.75) is 20.4 Å². The van der Waals surface area contributed by atoms with Gasteiger partial charge in [0.15, 0.2) is 0 Å². The number of rotatable bonds is 5. The maximum Gasteiger partial charge on any atom is 0.258 e. The Balaban J connectivity index is 1.49. The maximum absolute atomic E-state index is 13.1. The zero-order valence-electron chi connectivity index (χ0n) is 15.9. The topological polar surface area (TPSA) is 85.8 Å². The lowest BCUT2D eigenvalue weighted by molar-refractivity contribution is -0.116. The van der Waals surface area contributed by atoms with Gasteiger partial charge in [0.05, 0.1) is 0 Å². The summed E-state index contributed by atoms with van der Waals surface area (Å²) in [5.41, 5.74) is 2.91. The molecular formula is C21H18FN5O2. The van der Waals surface area contributed by atoms with Crippen molar-refractivity contribution in [2.24, 2.45) is 0 Å². The third-order valence-corrected chi connectivity index (χ3v) is 4.34. The monoisotopic (exact) mass is 391 g/mol. The predicted octanol–water partition coefficient (Wildman–Crippen LogP) is 3.99. The van der Waals surface area contributed by atoms with E-state index in [2.05, 4.69) is 20.4 Å². The molecular weight excluding hydrogens is 373 g/mol. The van der Waals surface area contributed by atoms with Crippen LogP contribution in [0.1, 0.15) is 11.4 Å². The molecule has 0 saturated carbocycles. The summed E-state index contributed by atoms with van der Waals surface area (Å²) >= 11 is 0. The van der Waals surface area contributed by atoms with Gasteiger partial charge in [0.25, 0.3) is 5.89 Å². The van der Waals surface area contributed by atoms with Gasteiger partial charge >= 0.3 is 0 Å². The lowest BCUT2D eigenvalue weighted by Crippen LogP contribution is -2.19. The number of nitrogens with one attached hydrogen (secondary N) is 1. The van der Waals surface area contributed by atoms with Crippen LogP contribution in [0.15, 0.2) is 59.3 Å². The van der Waals surface area contributed by atoms with Gasteiger partial charge in [0.1, 0.15) is 23.9 Å². The number of aromatic nitrogens is 4. The van der Waals surface area contributed by atoms with Gasteiger partial charge in [-0.15, -0.1) is 0 Å². The molecule has 2 aromatic heterocycles. The number of halogens is 1. The number of anilines is 1. The summed E-state index contributed by atoms with van der Waals surface area (Å²) in [5.74, 6) is 0.705. The predicted molar refractivity (Wildman–Crippen MR) is 105 cm³/mol. The van der Waals surface area contributed by atoms with E-state index in [1.807, 2.05) is 31.2 Å². The number of hydrogen-bond donors (Lipinski definition) is 1. The molecule has 1 N–H and O–H groups in total. The van der Waals surface area contributed by atoms with Crippen molar-refractivity contribution in [3.05, 3.63) is 71.9 Å². The molecule has 0 fully saturated rings. The molecule has 0 atom stereocenters. The number of aryl methyl sites for hydroxylation is 2. The van der Waals surface area contributed by atoms with Crippen LogP contribution >= 0.6 is 0 Å². The van der Waals surface area contributed by atoms with Crippen LogP contribution in [0.5, 0.6) is 0 Å². The molecule has 0 aliphatic rings. The molecule has 0 aliphatic heterocycles. The van der Waals surface area contributed by atoms with Crippen molar-refractivity contribution in [1.82, 2.24) is 19.7 Å². The van der Waals surface area contributed by atoms with Crippen LogP contribution in [0, 0.1) is 19.7 Å². The van der Waals surface area contributed by atoms with Gasteiger partial charge in [-0.1, -0.05) is 17.3 Å². The van der Waals surface area contributed by atoms with E-state index >= 15 is 0 Å². The molecule has 0 radical (unpaired) electrons. The van der Waals surface area contributed by atoms with Gasteiger partial charge in [-0.25, -0.2) is 9.37 Å². The fourth-order valence-corrected chi connectivity index (χ4v) is 2.89. The van der Waals surface area contributed by atoms with Crippen LogP contribution in [0.3, 0.4) is 0 Å². The Labute approximate surface area is 166 Å².